The molecule has 1 aliphatic carbocycles. The maximum absolute atomic E-state index is 14.3. The van der Waals surface area contributed by atoms with Crippen molar-refractivity contribution in [1.29, 1.82) is 0 Å². The van der Waals surface area contributed by atoms with E-state index in [9.17, 15) is 14.7 Å². The molecule has 0 spiro atoms. The summed E-state index contributed by atoms with van der Waals surface area (Å²) in [6.45, 7) is 55.6. The molecule has 0 heterocycles. The van der Waals surface area contributed by atoms with Gasteiger partial charge in [0.2, 0.25) is 0 Å². The molecule has 66 heavy (non-hydrogen) atoms. The van der Waals surface area contributed by atoms with Gasteiger partial charge in [0.05, 0.1) is 0 Å². The molecule has 0 aromatic heterocycles. The first-order valence-electron chi connectivity index (χ1n) is 26.3. The Labute approximate surface area is 405 Å². The molecular weight excluding hydrogens is 824 g/mol. The number of benzene rings is 4. The van der Waals surface area contributed by atoms with Crippen LogP contribution < -0.4 is 5.30 Å². The van der Waals surface area contributed by atoms with Crippen LogP contribution in [0.25, 0.3) is 21.5 Å². The molecule has 1 aliphatic rings. The summed E-state index contributed by atoms with van der Waals surface area (Å²) in [5.74, 6) is 1.87. The molecule has 4 heteroatoms. The van der Waals surface area contributed by atoms with Crippen molar-refractivity contribution in [2.75, 3.05) is 0 Å². The SMILES string of the molecule is CC(C)C(C)(C)c1cc(C(C)(C)C(C)C)c2cc(C3(P(O)(O)(O)c4cc5c(C(C)(C)C(C)C)cc(C(C)(C)C(C)C)cc5cc4C(C)(C)C(C)C)CCCCC3)c(C(C)(C)C(C)C)cc2c1. The van der Waals surface area contributed by atoms with Crippen LogP contribution in [0.15, 0.2) is 48.5 Å². The minimum atomic E-state index is -5.98. The average Bonchev–Trinajstić information content (AvgIpc) is 3.21. The fraction of sp³-hybridized carbons (Fsp3) is 0.677. The predicted molar refractivity (Wildman–Crippen MR) is 293 cm³/mol. The Morgan fingerprint density at radius 1 is 0.379 bits per heavy atom. The van der Waals surface area contributed by atoms with Gasteiger partial charge in [-0.25, -0.2) is 0 Å². The summed E-state index contributed by atoms with van der Waals surface area (Å²) in [5.41, 5.74) is 6.57. The number of hydrogen-bond acceptors (Lipinski definition) is 3. The molecule has 0 aliphatic heterocycles. The zero-order chi connectivity index (χ0) is 50.5. The van der Waals surface area contributed by atoms with Gasteiger partial charge < -0.3 is 0 Å². The first-order valence-corrected chi connectivity index (χ1v) is 28.4. The van der Waals surface area contributed by atoms with E-state index < -0.39 is 17.9 Å². The predicted octanol–water partition coefficient (Wildman–Crippen LogP) is 17.4. The van der Waals surface area contributed by atoms with Gasteiger partial charge in [-0.15, -0.1) is 0 Å². The van der Waals surface area contributed by atoms with Crippen molar-refractivity contribution in [1.82, 2.24) is 0 Å². The van der Waals surface area contributed by atoms with Crippen LogP contribution in [0, 0.1) is 35.5 Å². The first-order chi connectivity index (χ1) is 29.7. The van der Waals surface area contributed by atoms with Crippen LogP contribution in [-0.2, 0) is 37.6 Å². The molecule has 370 valence electrons. The molecule has 0 radical (unpaired) electrons. The molecular formula is C62H99O3P. The van der Waals surface area contributed by atoms with Crippen molar-refractivity contribution in [3.8, 4) is 0 Å². The normalized spacial score (nSPS) is 17.1. The van der Waals surface area contributed by atoms with Gasteiger partial charge in [-0.2, -0.15) is 0 Å². The second-order valence-corrected chi connectivity index (χ2v) is 30.4. The van der Waals surface area contributed by atoms with E-state index in [4.69, 9.17) is 0 Å². The van der Waals surface area contributed by atoms with Gasteiger partial charge in [0.1, 0.15) is 0 Å². The molecule has 0 amide bonds. The van der Waals surface area contributed by atoms with Crippen molar-refractivity contribution in [2.45, 2.75) is 236 Å². The molecule has 0 bridgehead atoms. The van der Waals surface area contributed by atoms with E-state index in [1.165, 1.54) is 27.6 Å². The third kappa shape index (κ3) is 8.70. The average molecular weight is 923 g/mol. The van der Waals surface area contributed by atoms with E-state index in [1.54, 1.807) is 0 Å². The Hall–Kier alpha value is -2.29. The third-order valence-electron chi connectivity index (χ3n) is 20.5. The van der Waals surface area contributed by atoms with Gasteiger partial charge in [-0.1, -0.05) is 0 Å². The third-order valence-corrected chi connectivity index (χ3v) is 24.0. The van der Waals surface area contributed by atoms with Crippen LogP contribution in [0.5, 0.6) is 0 Å². The van der Waals surface area contributed by atoms with E-state index >= 15 is 0 Å². The van der Waals surface area contributed by atoms with Gasteiger partial charge in [0.15, 0.2) is 0 Å². The Bertz CT molecular complexity index is 2410. The number of fused-ring (bicyclic) bond motifs is 2. The van der Waals surface area contributed by atoms with Crippen LogP contribution in [0.2, 0.25) is 0 Å². The van der Waals surface area contributed by atoms with Crippen LogP contribution in [0.3, 0.4) is 0 Å². The molecule has 4 aromatic carbocycles. The second-order valence-electron chi connectivity index (χ2n) is 27.1. The van der Waals surface area contributed by atoms with E-state index in [2.05, 4.69) is 215 Å². The quantitative estimate of drug-likeness (QED) is 0.104. The van der Waals surface area contributed by atoms with E-state index in [0.717, 1.165) is 52.1 Å². The van der Waals surface area contributed by atoms with Crippen molar-refractivity contribution in [3.63, 3.8) is 0 Å². The molecule has 3 N–H and O–H groups in total. The Kier molecular flexibility index (Phi) is 14.5. The van der Waals surface area contributed by atoms with Crippen molar-refractivity contribution in [2.24, 2.45) is 35.5 Å². The molecule has 0 atom stereocenters. The Morgan fingerprint density at radius 2 is 0.697 bits per heavy atom. The summed E-state index contributed by atoms with van der Waals surface area (Å²) in [5, 5.41) is 3.50. The van der Waals surface area contributed by atoms with Crippen molar-refractivity contribution >= 4 is 34.1 Å². The van der Waals surface area contributed by atoms with E-state index in [0.29, 0.717) is 41.8 Å². The van der Waals surface area contributed by atoms with E-state index in [1.807, 2.05) is 0 Å². The minimum absolute atomic E-state index is 0.0655. The summed E-state index contributed by atoms with van der Waals surface area (Å²) in [7, 11) is -5.98. The monoisotopic (exact) mass is 923 g/mol. The van der Waals surface area contributed by atoms with Crippen molar-refractivity contribution < 1.29 is 14.7 Å². The first kappa shape index (κ1) is 54.6. The Balaban J connectivity index is 2.11. The fourth-order valence-electron chi connectivity index (χ4n) is 10.6. The number of rotatable bonds is 15. The summed E-state index contributed by atoms with van der Waals surface area (Å²) in [4.78, 5) is 42.9. The van der Waals surface area contributed by atoms with Crippen LogP contribution in [-0.4, -0.2) is 14.7 Å². The fourth-order valence-corrected chi connectivity index (χ4v) is 14.0. The molecule has 5 rings (SSSR count). The van der Waals surface area contributed by atoms with Gasteiger partial charge in [-0.3, -0.25) is 0 Å². The summed E-state index contributed by atoms with van der Waals surface area (Å²) >= 11 is 0. The molecule has 0 unspecified atom stereocenters. The molecule has 0 saturated heterocycles. The summed E-state index contributed by atoms with van der Waals surface area (Å²) in [6, 6.07) is 18.9. The molecule has 1 fully saturated rings. The molecule has 4 aromatic rings. The molecule has 1 saturated carbocycles. The Morgan fingerprint density at radius 3 is 1.06 bits per heavy atom. The van der Waals surface area contributed by atoms with Gasteiger partial charge in [-0.05, 0) is 0 Å². The van der Waals surface area contributed by atoms with Gasteiger partial charge in [0, 0.05) is 0 Å². The maximum atomic E-state index is 14.3. The molecule has 3 nitrogen and oxygen atoms in total. The number of hydrogen-bond donors (Lipinski definition) is 3. The standard InChI is InChI=1S/C62H99O3P/c1-38(2)56(13,14)46-30-44-32-52(60(21,22)42(9)10)53(36-48(44)50(34-46)58(17,18)40(5)6)62(28-26-25-27-29-62)66(63,64,65)55-37-49-45(33-54(55)61(23,24)43(11)12)31-47(57(15,16)39(3)4)35-51(49)59(19,20)41(7)8/h30-43,63-65H,25-29H2,1-24H3. The topological polar surface area (TPSA) is 60.7 Å². The zero-order valence-corrected chi connectivity index (χ0v) is 47.8. The van der Waals surface area contributed by atoms with Gasteiger partial charge in [0.25, 0.3) is 0 Å². The van der Waals surface area contributed by atoms with E-state index in [-0.39, 0.29) is 38.9 Å². The van der Waals surface area contributed by atoms with Crippen molar-refractivity contribution in [3.05, 3.63) is 87.5 Å². The van der Waals surface area contributed by atoms with Crippen LogP contribution in [0.4, 0.5) is 0 Å². The van der Waals surface area contributed by atoms with Crippen LogP contribution >= 0.6 is 7.28 Å². The summed E-state index contributed by atoms with van der Waals surface area (Å²) in [6.07, 6.45) is 3.59. The zero-order valence-electron chi connectivity index (χ0n) is 46.9. The van der Waals surface area contributed by atoms with Gasteiger partial charge >= 0.3 is 408 Å². The van der Waals surface area contributed by atoms with Crippen LogP contribution in [0.1, 0.15) is 237 Å². The second kappa shape index (κ2) is 17.5. The summed E-state index contributed by atoms with van der Waals surface area (Å²) < 4.78 is 0.